The molecule has 1 aromatic carbocycles. The van der Waals surface area contributed by atoms with Crippen LogP contribution in [0.15, 0.2) is 18.2 Å². The number of nitriles is 1. The third-order valence-corrected chi connectivity index (χ3v) is 3.47. The molecule has 1 aliphatic rings. The lowest BCUT2D eigenvalue weighted by Crippen LogP contribution is -2.44. The fourth-order valence-corrected chi connectivity index (χ4v) is 2.40. The Morgan fingerprint density at radius 1 is 1.32 bits per heavy atom. The number of fused-ring (bicyclic) bond motifs is 1. The second-order valence-corrected chi connectivity index (χ2v) is 4.92. The number of nitrogens with zero attached hydrogens (tertiary/aromatic N) is 3. The van der Waals surface area contributed by atoms with Crippen LogP contribution >= 0.6 is 0 Å². The summed E-state index contributed by atoms with van der Waals surface area (Å²) in [4.78, 5) is 15.9. The summed E-state index contributed by atoms with van der Waals surface area (Å²) in [5.74, 6) is 0.112. The highest BCUT2D eigenvalue weighted by atomic mass is 16.2. The van der Waals surface area contributed by atoms with Crippen molar-refractivity contribution in [1.82, 2.24) is 0 Å². The average molecular weight is 257 g/mol. The predicted molar refractivity (Wildman–Crippen MR) is 76.3 cm³/mol. The second kappa shape index (κ2) is 5.75. The maximum absolute atomic E-state index is 12.2. The molecule has 0 saturated carbocycles. The van der Waals surface area contributed by atoms with Crippen LogP contribution in [0.25, 0.3) is 0 Å². The van der Waals surface area contributed by atoms with E-state index in [0.717, 1.165) is 37.2 Å². The smallest absolute Gasteiger partial charge is 0.246 e. The van der Waals surface area contributed by atoms with E-state index in [0.29, 0.717) is 12.1 Å². The normalized spacial score (nSPS) is 14.3. The van der Waals surface area contributed by atoms with Crippen LogP contribution in [0.2, 0.25) is 0 Å². The summed E-state index contributed by atoms with van der Waals surface area (Å²) in [5.41, 5.74) is 2.49. The molecule has 0 aromatic heterocycles. The molecule has 1 amide bonds. The number of carbonyl (C=O) groups is 1. The molecule has 0 fully saturated rings. The van der Waals surface area contributed by atoms with Gasteiger partial charge in [-0.3, -0.25) is 4.79 Å². The SMILES string of the molecule is CCCCCN1C(=O)CN(C)c2ccc(C#N)cc21. The highest BCUT2D eigenvalue weighted by Crippen LogP contribution is 2.33. The van der Waals surface area contributed by atoms with Gasteiger partial charge in [0.25, 0.3) is 0 Å². The zero-order valence-corrected chi connectivity index (χ0v) is 11.5. The van der Waals surface area contributed by atoms with Crippen molar-refractivity contribution in [2.45, 2.75) is 26.2 Å². The standard InChI is InChI=1S/C15H19N3O/c1-3-4-5-8-18-14-9-12(10-16)6-7-13(14)17(2)11-15(18)19/h6-7,9H,3-5,8,11H2,1-2H3. The number of hydrogen-bond acceptors (Lipinski definition) is 3. The van der Waals surface area contributed by atoms with Gasteiger partial charge in [-0.25, -0.2) is 0 Å². The third-order valence-electron chi connectivity index (χ3n) is 3.47. The minimum Gasteiger partial charge on any atom is -0.364 e. The first kappa shape index (κ1) is 13.4. The first-order chi connectivity index (χ1) is 9.17. The molecule has 1 aromatic rings. The molecule has 4 heteroatoms. The lowest BCUT2D eigenvalue weighted by atomic mass is 10.1. The predicted octanol–water partition coefficient (Wildman–Crippen LogP) is 2.53. The summed E-state index contributed by atoms with van der Waals surface area (Å²) < 4.78 is 0. The van der Waals surface area contributed by atoms with Crippen LogP contribution in [0.1, 0.15) is 31.7 Å². The zero-order valence-electron chi connectivity index (χ0n) is 11.5. The number of amides is 1. The molecule has 0 N–H and O–H groups in total. The maximum atomic E-state index is 12.2. The second-order valence-electron chi connectivity index (χ2n) is 4.92. The zero-order chi connectivity index (χ0) is 13.8. The molecule has 0 aliphatic carbocycles. The number of unbranched alkanes of at least 4 members (excludes halogenated alkanes) is 2. The van der Waals surface area contributed by atoms with Crippen LogP contribution in [-0.2, 0) is 4.79 Å². The minimum absolute atomic E-state index is 0.112. The Kier molecular flexibility index (Phi) is 4.06. The Bertz CT molecular complexity index is 519. The lowest BCUT2D eigenvalue weighted by Gasteiger charge is -2.35. The molecule has 1 aliphatic heterocycles. The first-order valence-corrected chi connectivity index (χ1v) is 6.73. The summed E-state index contributed by atoms with van der Waals surface area (Å²) in [7, 11) is 1.91. The third kappa shape index (κ3) is 2.70. The van der Waals surface area contributed by atoms with Gasteiger partial charge in [-0.15, -0.1) is 0 Å². The molecule has 0 spiro atoms. The molecule has 2 rings (SSSR count). The average Bonchev–Trinajstić information content (AvgIpc) is 2.42. The summed E-state index contributed by atoms with van der Waals surface area (Å²) in [6, 6.07) is 7.68. The van der Waals surface area contributed by atoms with Crippen molar-refractivity contribution < 1.29 is 4.79 Å². The molecule has 19 heavy (non-hydrogen) atoms. The van der Waals surface area contributed by atoms with E-state index in [-0.39, 0.29) is 5.91 Å². The molecule has 0 unspecified atom stereocenters. The van der Waals surface area contributed by atoms with Gasteiger partial charge in [0.2, 0.25) is 5.91 Å². The molecular formula is C15H19N3O. The van der Waals surface area contributed by atoms with Crippen molar-refractivity contribution >= 4 is 17.3 Å². The Morgan fingerprint density at radius 2 is 2.11 bits per heavy atom. The molecule has 0 atom stereocenters. The van der Waals surface area contributed by atoms with E-state index in [1.807, 2.05) is 29.0 Å². The van der Waals surface area contributed by atoms with E-state index in [1.165, 1.54) is 0 Å². The van der Waals surface area contributed by atoms with Crippen LogP contribution in [-0.4, -0.2) is 26.0 Å². The number of anilines is 2. The topological polar surface area (TPSA) is 47.3 Å². The maximum Gasteiger partial charge on any atom is 0.246 e. The van der Waals surface area contributed by atoms with E-state index in [2.05, 4.69) is 13.0 Å². The fourth-order valence-electron chi connectivity index (χ4n) is 2.40. The first-order valence-electron chi connectivity index (χ1n) is 6.73. The van der Waals surface area contributed by atoms with Crippen LogP contribution in [0.3, 0.4) is 0 Å². The van der Waals surface area contributed by atoms with Crippen LogP contribution in [0.5, 0.6) is 0 Å². The Labute approximate surface area is 114 Å². The van der Waals surface area contributed by atoms with Crippen LogP contribution < -0.4 is 9.80 Å². The largest absolute Gasteiger partial charge is 0.364 e. The summed E-state index contributed by atoms with van der Waals surface area (Å²) in [6.07, 6.45) is 3.25. The Balaban J connectivity index is 2.32. The Hall–Kier alpha value is -2.02. The minimum atomic E-state index is 0.112. The van der Waals surface area contributed by atoms with E-state index < -0.39 is 0 Å². The van der Waals surface area contributed by atoms with Gasteiger partial charge in [0.15, 0.2) is 0 Å². The summed E-state index contributed by atoms with van der Waals surface area (Å²) in [5, 5.41) is 9.00. The van der Waals surface area contributed by atoms with Crippen molar-refractivity contribution in [2.24, 2.45) is 0 Å². The number of carbonyl (C=O) groups excluding carboxylic acids is 1. The van der Waals surface area contributed by atoms with Crippen LogP contribution in [0, 0.1) is 11.3 Å². The summed E-state index contributed by atoms with van der Waals surface area (Å²) >= 11 is 0. The number of hydrogen-bond donors (Lipinski definition) is 0. The molecule has 0 bridgehead atoms. The monoisotopic (exact) mass is 257 g/mol. The molecular weight excluding hydrogens is 238 g/mol. The number of likely N-dealkylation sites (N-methyl/N-ethyl adjacent to an activating group) is 1. The van der Waals surface area contributed by atoms with Gasteiger partial charge in [0.1, 0.15) is 0 Å². The van der Waals surface area contributed by atoms with E-state index >= 15 is 0 Å². The Morgan fingerprint density at radius 3 is 2.79 bits per heavy atom. The highest BCUT2D eigenvalue weighted by Gasteiger charge is 2.27. The molecule has 0 saturated heterocycles. The quantitative estimate of drug-likeness (QED) is 0.779. The van der Waals surface area contributed by atoms with Gasteiger partial charge in [-0.05, 0) is 24.6 Å². The van der Waals surface area contributed by atoms with Gasteiger partial charge in [-0.1, -0.05) is 19.8 Å². The molecule has 4 nitrogen and oxygen atoms in total. The van der Waals surface area contributed by atoms with E-state index in [1.54, 1.807) is 6.07 Å². The van der Waals surface area contributed by atoms with Crippen molar-refractivity contribution in [2.75, 3.05) is 29.9 Å². The molecule has 100 valence electrons. The van der Waals surface area contributed by atoms with E-state index in [4.69, 9.17) is 5.26 Å². The lowest BCUT2D eigenvalue weighted by molar-refractivity contribution is -0.117. The van der Waals surface area contributed by atoms with Crippen molar-refractivity contribution in [3.63, 3.8) is 0 Å². The van der Waals surface area contributed by atoms with Crippen molar-refractivity contribution in [3.8, 4) is 6.07 Å². The molecule has 1 heterocycles. The van der Waals surface area contributed by atoms with Gasteiger partial charge in [0, 0.05) is 13.6 Å². The van der Waals surface area contributed by atoms with Crippen molar-refractivity contribution in [3.05, 3.63) is 23.8 Å². The highest BCUT2D eigenvalue weighted by molar-refractivity contribution is 6.03. The van der Waals surface area contributed by atoms with Gasteiger partial charge in [0.05, 0.1) is 29.6 Å². The molecule has 0 radical (unpaired) electrons. The number of benzene rings is 1. The summed E-state index contributed by atoms with van der Waals surface area (Å²) in [6.45, 7) is 3.29. The fraction of sp³-hybridized carbons (Fsp3) is 0.467. The van der Waals surface area contributed by atoms with Gasteiger partial charge < -0.3 is 9.80 Å². The van der Waals surface area contributed by atoms with E-state index in [9.17, 15) is 4.79 Å². The van der Waals surface area contributed by atoms with Gasteiger partial charge >= 0.3 is 0 Å². The number of rotatable bonds is 4. The van der Waals surface area contributed by atoms with Crippen LogP contribution in [0.4, 0.5) is 11.4 Å². The van der Waals surface area contributed by atoms with Gasteiger partial charge in [-0.2, -0.15) is 5.26 Å². The van der Waals surface area contributed by atoms with Crippen molar-refractivity contribution in [1.29, 1.82) is 5.26 Å².